The Balaban J connectivity index is 1.63. The van der Waals surface area contributed by atoms with Gasteiger partial charge in [-0.1, -0.05) is 36.4 Å². The number of hydrogen-bond acceptors (Lipinski definition) is 8. The maximum atomic E-state index is 12.8. The Morgan fingerprint density at radius 1 is 0.939 bits per heavy atom. The van der Waals surface area contributed by atoms with Crippen molar-refractivity contribution in [1.82, 2.24) is 0 Å². The maximum absolute atomic E-state index is 12.8. The van der Waals surface area contributed by atoms with E-state index in [1.807, 2.05) is 30.3 Å². The summed E-state index contributed by atoms with van der Waals surface area (Å²) in [5.74, 6) is 0.371. The van der Waals surface area contributed by atoms with Crippen molar-refractivity contribution < 1.29 is 33.6 Å². The van der Waals surface area contributed by atoms with Crippen LogP contribution in [0.4, 0.5) is 0 Å². The molecule has 0 bridgehead atoms. The van der Waals surface area contributed by atoms with Gasteiger partial charge in [0.15, 0.2) is 34.5 Å². The molecule has 8 nitrogen and oxygen atoms in total. The Bertz CT molecular complexity index is 1390. The third-order valence-corrected chi connectivity index (χ3v) is 5.47. The van der Waals surface area contributed by atoms with Crippen LogP contribution in [-0.2, 0) is 4.74 Å². The monoisotopic (exact) mass is 448 g/mol. The summed E-state index contributed by atoms with van der Waals surface area (Å²) in [6, 6.07) is 16.7. The Morgan fingerprint density at radius 2 is 1.73 bits per heavy atom. The molecule has 2 N–H and O–H groups in total. The van der Waals surface area contributed by atoms with Crippen molar-refractivity contribution in [2.75, 3.05) is 14.2 Å². The van der Waals surface area contributed by atoms with Gasteiger partial charge in [-0.15, -0.1) is 0 Å². The molecule has 0 saturated carbocycles. The summed E-state index contributed by atoms with van der Waals surface area (Å²) >= 11 is 0. The second-order valence-corrected chi connectivity index (χ2v) is 7.46. The largest absolute Gasteiger partial charge is 0.504 e. The number of methoxy groups -OCH3 is 2. The van der Waals surface area contributed by atoms with E-state index in [1.54, 1.807) is 12.1 Å². The summed E-state index contributed by atoms with van der Waals surface area (Å²) in [5, 5.41) is 20.7. The molecule has 2 atom stereocenters. The first-order valence-corrected chi connectivity index (χ1v) is 10.1. The number of phenolic OH excluding ortho intramolecular Hbond substituents is 2. The van der Waals surface area contributed by atoms with Crippen LogP contribution >= 0.6 is 0 Å². The molecule has 0 aliphatic carbocycles. The summed E-state index contributed by atoms with van der Waals surface area (Å²) in [6.07, 6.45) is -1.69. The van der Waals surface area contributed by atoms with Gasteiger partial charge in [0, 0.05) is 30.4 Å². The smallest absolute Gasteiger partial charge is 0.241 e. The summed E-state index contributed by atoms with van der Waals surface area (Å²) in [7, 11) is 2.87. The first kappa shape index (κ1) is 20.7. The minimum Gasteiger partial charge on any atom is -0.504 e. The molecule has 0 spiro atoms. The quantitative estimate of drug-likeness (QED) is 0.474. The molecule has 33 heavy (non-hydrogen) atoms. The van der Waals surface area contributed by atoms with E-state index in [0.717, 1.165) is 5.56 Å². The summed E-state index contributed by atoms with van der Waals surface area (Å²) < 4.78 is 28.6. The van der Waals surface area contributed by atoms with Crippen LogP contribution in [0.3, 0.4) is 0 Å². The van der Waals surface area contributed by atoms with Crippen LogP contribution in [0, 0.1) is 0 Å². The van der Waals surface area contributed by atoms with Crippen molar-refractivity contribution in [3.8, 4) is 40.1 Å². The predicted octanol–water partition coefficient (Wildman–Crippen LogP) is 4.36. The zero-order valence-corrected chi connectivity index (χ0v) is 17.8. The van der Waals surface area contributed by atoms with Gasteiger partial charge in [-0.05, 0) is 12.1 Å². The first-order valence-electron chi connectivity index (χ1n) is 10.1. The molecule has 0 amide bonds. The highest BCUT2D eigenvalue weighted by molar-refractivity contribution is 5.89. The van der Waals surface area contributed by atoms with Gasteiger partial charge in [-0.25, -0.2) is 0 Å². The van der Waals surface area contributed by atoms with E-state index >= 15 is 0 Å². The van der Waals surface area contributed by atoms with E-state index in [-0.39, 0.29) is 39.7 Å². The number of benzene rings is 3. The van der Waals surface area contributed by atoms with Crippen molar-refractivity contribution in [3.63, 3.8) is 0 Å². The summed E-state index contributed by atoms with van der Waals surface area (Å²) in [4.78, 5) is 12.8. The molecule has 0 radical (unpaired) electrons. The number of phenols is 2. The normalized spacial score (nSPS) is 17.2. The molecule has 0 unspecified atom stereocenters. The fourth-order valence-corrected chi connectivity index (χ4v) is 3.85. The van der Waals surface area contributed by atoms with Gasteiger partial charge < -0.3 is 33.6 Å². The molecular weight excluding hydrogens is 428 g/mol. The summed E-state index contributed by atoms with van der Waals surface area (Å²) in [5.41, 5.74) is 1.07. The third-order valence-electron chi connectivity index (χ3n) is 5.47. The van der Waals surface area contributed by atoms with Crippen molar-refractivity contribution in [3.05, 3.63) is 76.5 Å². The molecule has 0 fully saturated rings. The Labute approximate surface area is 188 Å². The number of hydrogen-bond donors (Lipinski definition) is 2. The first-order chi connectivity index (χ1) is 16.0. The SMILES string of the molecule is COc1cc([C@@H]2Oc3cc4oc(-c5ccccc5)cc(=O)c4c(O)c3O[C@H]2OC)ccc1O. The van der Waals surface area contributed by atoms with E-state index < -0.39 is 17.8 Å². The lowest BCUT2D eigenvalue weighted by Crippen LogP contribution is -2.34. The lowest BCUT2D eigenvalue weighted by Gasteiger charge is -2.33. The zero-order valence-electron chi connectivity index (χ0n) is 17.8. The molecule has 4 aromatic rings. The highest BCUT2D eigenvalue weighted by atomic mass is 16.7. The molecule has 0 saturated heterocycles. The predicted molar refractivity (Wildman–Crippen MR) is 119 cm³/mol. The zero-order chi connectivity index (χ0) is 23.1. The lowest BCUT2D eigenvalue weighted by molar-refractivity contribution is -0.138. The standard InChI is InChI=1S/C25H20O8/c1-29-18-10-14(8-9-15(18)26)23-25(30-2)33-24-20(32-23)12-19-21(22(24)28)16(27)11-17(31-19)13-6-4-3-5-7-13/h3-12,23,25-26,28H,1-2H3/t23-,25+/m0/s1. The van der Waals surface area contributed by atoms with Crippen LogP contribution in [0.1, 0.15) is 11.7 Å². The van der Waals surface area contributed by atoms with Crippen LogP contribution in [0.25, 0.3) is 22.3 Å². The van der Waals surface area contributed by atoms with Crippen LogP contribution in [0.15, 0.2) is 69.9 Å². The number of rotatable bonds is 4. The fourth-order valence-electron chi connectivity index (χ4n) is 3.85. The Morgan fingerprint density at radius 3 is 2.45 bits per heavy atom. The van der Waals surface area contributed by atoms with E-state index in [1.165, 1.54) is 32.4 Å². The minimum atomic E-state index is -0.939. The summed E-state index contributed by atoms with van der Waals surface area (Å²) in [6.45, 7) is 0. The van der Waals surface area contributed by atoms with Gasteiger partial charge in [-0.2, -0.15) is 0 Å². The van der Waals surface area contributed by atoms with Crippen molar-refractivity contribution in [2.45, 2.75) is 12.4 Å². The van der Waals surface area contributed by atoms with Crippen molar-refractivity contribution in [2.24, 2.45) is 0 Å². The van der Waals surface area contributed by atoms with Crippen LogP contribution in [0.5, 0.6) is 28.7 Å². The highest BCUT2D eigenvalue weighted by Crippen LogP contribution is 2.49. The third kappa shape index (κ3) is 3.50. The number of ether oxygens (including phenoxy) is 4. The number of fused-ring (bicyclic) bond motifs is 2. The van der Waals surface area contributed by atoms with Gasteiger partial charge in [0.05, 0.1) is 7.11 Å². The average Bonchev–Trinajstić information content (AvgIpc) is 2.84. The van der Waals surface area contributed by atoms with E-state index in [2.05, 4.69) is 0 Å². The average molecular weight is 448 g/mol. The van der Waals surface area contributed by atoms with Gasteiger partial charge in [-0.3, -0.25) is 4.79 Å². The number of aromatic hydroxyl groups is 2. The molecule has 1 aliphatic heterocycles. The molecular formula is C25H20O8. The fraction of sp³-hybridized carbons (Fsp3) is 0.160. The van der Waals surface area contributed by atoms with E-state index in [0.29, 0.717) is 11.3 Å². The topological polar surface area (TPSA) is 108 Å². The highest BCUT2D eigenvalue weighted by Gasteiger charge is 2.36. The van der Waals surface area contributed by atoms with E-state index in [9.17, 15) is 15.0 Å². The lowest BCUT2D eigenvalue weighted by atomic mass is 10.1. The molecule has 8 heteroatoms. The van der Waals surface area contributed by atoms with E-state index in [4.69, 9.17) is 23.4 Å². The van der Waals surface area contributed by atoms with Crippen molar-refractivity contribution in [1.29, 1.82) is 0 Å². The van der Waals surface area contributed by atoms with Crippen LogP contribution in [-0.4, -0.2) is 30.7 Å². The van der Waals surface area contributed by atoms with Gasteiger partial charge in [0.25, 0.3) is 0 Å². The Kier molecular flexibility index (Phi) is 5.07. The second kappa shape index (κ2) is 8.07. The maximum Gasteiger partial charge on any atom is 0.241 e. The minimum absolute atomic E-state index is 0.0170. The molecule has 1 aromatic heterocycles. The van der Waals surface area contributed by atoms with Crippen LogP contribution < -0.4 is 19.6 Å². The van der Waals surface area contributed by atoms with Gasteiger partial charge in [0.2, 0.25) is 12.0 Å². The van der Waals surface area contributed by atoms with Gasteiger partial charge >= 0.3 is 0 Å². The molecule has 1 aliphatic rings. The van der Waals surface area contributed by atoms with Gasteiger partial charge in [0.1, 0.15) is 16.7 Å². The van der Waals surface area contributed by atoms with Crippen LogP contribution in [0.2, 0.25) is 0 Å². The Hall–Kier alpha value is -4.17. The molecule has 5 rings (SSSR count). The van der Waals surface area contributed by atoms with Crippen molar-refractivity contribution >= 4 is 11.0 Å². The second-order valence-electron chi connectivity index (χ2n) is 7.46. The molecule has 168 valence electrons. The molecule has 3 aromatic carbocycles. The molecule has 2 heterocycles.